The summed E-state index contributed by atoms with van der Waals surface area (Å²) < 4.78 is 0. The van der Waals surface area contributed by atoms with Gasteiger partial charge in [0.15, 0.2) is 11.5 Å². The van der Waals surface area contributed by atoms with Gasteiger partial charge in [-0.15, -0.1) is 0 Å². The highest BCUT2D eigenvalue weighted by atomic mass is 16.6. The first-order chi connectivity index (χ1) is 14.1. The summed E-state index contributed by atoms with van der Waals surface area (Å²) >= 11 is 0. The van der Waals surface area contributed by atoms with Gasteiger partial charge in [0.1, 0.15) is 0 Å². The molecule has 0 saturated carbocycles. The van der Waals surface area contributed by atoms with Crippen molar-refractivity contribution in [3.05, 3.63) is 33.9 Å². The Balaban J connectivity index is 1.98. The van der Waals surface area contributed by atoms with Gasteiger partial charge in [0.05, 0.1) is 4.92 Å². The van der Waals surface area contributed by atoms with Crippen LogP contribution in [0.5, 0.6) is 5.75 Å². The van der Waals surface area contributed by atoms with Crippen LogP contribution in [0.3, 0.4) is 0 Å². The van der Waals surface area contributed by atoms with Crippen molar-refractivity contribution in [3.8, 4) is 5.75 Å². The molecule has 0 atom stereocenters. The fourth-order valence-electron chi connectivity index (χ4n) is 3.64. The maximum absolute atomic E-state index is 12.2. The average molecular weight is 406 g/mol. The molecule has 0 fully saturated rings. The van der Waals surface area contributed by atoms with E-state index in [1.54, 1.807) is 0 Å². The fraction of sp³-hybridized carbons (Fsp3) is 0.708. The van der Waals surface area contributed by atoms with Gasteiger partial charge in [-0.25, -0.2) is 0 Å². The molecule has 0 aliphatic heterocycles. The lowest BCUT2D eigenvalue weighted by molar-refractivity contribution is -0.385. The van der Waals surface area contributed by atoms with Crippen molar-refractivity contribution in [1.29, 1.82) is 0 Å². The predicted octanol–water partition coefficient (Wildman–Crippen LogP) is 7.74. The molecular weight excluding hydrogens is 366 g/mol. The summed E-state index contributed by atoms with van der Waals surface area (Å²) in [5, 5.41) is 20.3. The van der Waals surface area contributed by atoms with Crippen LogP contribution in [0.15, 0.2) is 18.2 Å². The molecule has 29 heavy (non-hydrogen) atoms. The van der Waals surface area contributed by atoms with Gasteiger partial charge in [0.25, 0.3) is 0 Å². The Bertz CT molecular complexity index is 601. The molecule has 1 rings (SSSR count). The van der Waals surface area contributed by atoms with E-state index in [-0.39, 0.29) is 5.78 Å². The van der Waals surface area contributed by atoms with E-state index >= 15 is 0 Å². The lowest BCUT2D eigenvalue weighted by Crippen LogP contribution is -2.00. The molecule has 0 aliphatic rings. The van der Waals surface area contributed by atoms with Gasteiger partial charge < -0.3 is 5.11 Å². The minimum Gasteiger partial charge on any atom is -0.502 e. The zero-order chi connectivity index (χ0) is 21.3. The number of phenolic OH excluding ortho intramolecular Hbond substituents is 1. The van der Waals surface area contributed by atoms with E-state index in [0.29, 0.717) is 12.0 Å². The van der Waals surface area contributed by atoms with E-state index in [2.05, 4.69) is 6.92 Å². The number of nitrogens with zero attached hydrogens (tertiary/aromatic N) is 1. The quantitative estimate of drug-likeness (QED) is 0.117. The number of unbranched alkanes of at least 4 members (excludes halogenated alkanes) is 14. The maximum atomic E-state index is 12.2. The van der Waals surface area contributed by atoms with E-state index in [1.165, 1.54) is 95.2 Å². The molecule has 5 heteroatoms. The lowest BCUT2D eigenvalue weighted by atomic mass is 10.0. The van der Waals surface area contributed by atoms with Crippen molar-refractivity contribution in [3.63, 3.8) is 0 Å². The highest BCUT2D eigenvalue weighted by Gasteiger charge is 2.16. The van der Waals surface area contributed by atoms with E-state index < -0.39 is 16.4 Å². The predicted molar refractivity (Wildman–Crippen MR) is 119 cm³/mol. The van der Waals surface area contributed by atoms with E-state index in [1.807, 2.05) is 0 Å². The summed E-state index contributed by atoms with van der Waals surface area (Å²) in [6.07, 6.45) is 19.5. The smallest absolute Gasteiger partial charge is 0.311 e. The van der Waals surface area contributed by atoms with Crippen molar-refractivity contribution in [2.75, 3.05) is 0 Å². The molecule has 5 nitrogen and oxygen atoms in total. The first-order valence-electron chi connectivity index (χ1n) is 11.6. The van der Waals surface area contributed by atoms with Crippen LogP contribution in [0.2, 0.25) is 0 Å². The highest BCUT2D eigenvalue weighted by molar-refractivity contribution is 5.96. The molecule has 0 amide bonds. The fourth-order valence-corrected chi connectivity index (χ4v) is 3.64. The minimum atomic E-state index is -0.667. The van der Waals surface area contributed by atoms with Gasteiger partial charge in [0, 0.05) is 18.1 Å². The van der Waals surface area contributed by atoms with Crippen molar-refractivity contribution >= 4 is 11.5 Å². The normalized spacial score (nSPS) is 10.9. The molecule has 0 saturated heterocycles. The van der Waals surface area contributed by atoms with Crippen LogP contribution < -0.4 is 0 Å². The molecule has 0 unspecified atom stereocenters. The summed E-state index contributed by atoms with van der Waals surface area (Å²) in [4.78, 5) is 22.3. The van der Waals surface area contributed by atoms with Gasteiger partial charge in [0.2, 0.25) is 0 Å². The molecule has 164 valence electrons. The number of aromatic hydroxyl groups is 1. The highest BCUT2D eigenvalue weighted by Crippen LogP contribution is 2.27. The number of carbonyl (C=O) groups is 1. The first kappa shape index (κ1) is 25.1. The van der Waals surface area contributed by atoms with Crippen LogP contribution in [0.4, 0.5) is 5.69 Å². The molecule has 1 N–H and O–H groups in total. The topological polar surface area (TPSA) is 80.4 Å². The second-order valence-corrected chi connectivity index (χ2v) is 8.08. The molecule has 1 aromatic carbocycles. The molecular formula is C24H39NO4. The SMILES string of the molecule is CCCCCCCCCCCCCCCCCC(=O)c1ccc(O)c([N+](=O)[O-])c1. The van der Waals surface area contributed by atoms with Crippen LogP contribution in [0, 0.1) is 10.1 Å². The Morgan fingerprint density at radius 3 is 1.72 bits per heavy atom. The van der Waals surface area contributed by atoms with E-state index in [9.17, 15) is 20.0 Å². The number of carbonyl (C=O) groups excluding carboxylic acids is 1. The monoisotopic (exact) mass is 405 g/mol. The third kappa shape index (κ3) is 11.6. The summed E-state index contributed by atoms with van der Waals surface area (Å²) in [7, 11) is 0. The number of ketones is 1. The summed E-state index contributed by atoms with van der Waals surface area (Å²) in [6.45, 7) is 2.26. The number of hydrogen-bond acceptors (Lipinski definition) is 4. The summed E-state index contributed by atoms with van der Waals surface area (Å²) in [5.74, 6) is -0.499. The first-order valence-corrected chi connectivity index (χ1v) is 11.6. The van der Waals surface area contributed by atoms with Gasteiger partial charge in [-0.05, 0) is 18.6 Å². The van der Waals surface area contributed by atoms with Gasteiger partial charge in [-0.2, -0.15) is 0 Å². The molecule has 0 aliphatic carbocycles. The Hall–Kier alpha value is -1.91. The third-order valence-electron chi connectivity index (χ3n) is 5.50. The Labute approximate surface area is 176 Å². The molecule has 1 aromatic rings. The molecule has 0 radical (unpaired) electrons. The Kier molecular flexibility index (Phi) is 13.8. The second-order valence-electron chi connectivity index (χ2n) is 8.08. The lowest BCUT2D eigenvalue weighted by Gasteiger charge is -2.04. The van der Waals surface area contributed by atoms with Gasteiger partial charge >= 0.3 is 5.69 Å². The molecule has 0 heterocycles. The van der Waals surface area contributed by atoms with Crippen LogP contribution in [-0.2, 0) is 0 Å². The number of nitro benzene ring substituents is 1. The largest absolute Gasteiger partial charge is 0.502 e. The molecule has 0 spiro atoms. The Morgan fingerprint density at radius 2 is 1.28 bits per heavy atom. The minimum absolute atomic E-state index is 0.0946. The van der Waals surface area contributed by atoms with Gasteiger partial charge in [-0.3, -0.25) is 14.9 Å². The van der Waals surface area contributed by atoms with Crippen LogP contribution >= 0.6 is 0 Å². The number of benzene rings is 1. The molecule has 0 aromatic heterocycles. The maximum Gasteiger partial charge on any atom is 0.311 e. The van der Waals surface area contributed by atoms with E-state index in [0.717, 1.165) is 19.3 Å². The third-order valence-corrected chi connectivity index (χ3v) is 5.50. The zero-order valence-corrected chi connectivity index (χ0v) is 18.2. The van der Waals surface area contributed by atoms with Crippen molar-refractivity contribution in [2.45, 2.75) is 110 Å². The number of Topliss-reactive ketones (excluding diaryl/α,β-unsaturated/α-hetero) is 1. The van der Waals surface area contributed by atoms with Gasteiger partial charge in [-0.1, -0.05) is 96.8 Å². The number of nitro groups is 1. The zero-order valence-electron chi connectivity index (χ0n) is 18.2. The molecule has 0 bridgehead atoms. The number of hydrogen-bond donors (Lipinski definition) is 1. The summed E-state index contributed by atoms with van der Waals surface area (Å²) in [5.41, 5.74) is -0.104. The van der Waals surface area contributed by atoms with Crippen LogP contribution in [0.1, 0.15) is 120 Å². The number of phenols is 1. The average Bonchev–Trinajstić information content (AvgIpc) is 2.70. The summed E-state index contributed by atoms with van der Waals surface area (Å²) in [6, 6.07) is 3.84. The van der Waals surface area contributed by atoms with Crippen LogP contribution in [-0.4, -0.2) is 15.8 Å². The standard InChI is InChI=1S/C24H39NO4/c1-2-3-4-5-6-7-8-9-10-11-12-13-14-15-16-17-23(26)21-18-19-24(27)22(20-21)25(28)29/h18-20,27H,2-17H2,1H3. The van der Waals surface area contributed by atoms with Crippen LogP contribution in [0.25, 0.3) is 0 Å². The van der Waals surface area contributed by atoms with Crippen molar-refractivity contribution in [2.24, 2.45) is 0 Å². The second kappa shape index (κ2) is 15.9. The van der Waals surface area contributed by atoms with Crippen molar-refractivity contribution < 1.29 is 14.8 Å². The Morgan fingerprint density at radius 1 is 0.828 bits per heavy atom. The number of rotatable bonds is 18. The van der Waals surface area contributed by atoms with E-state index in [4.69, 9.17) is 0 Å². The van der Waals surface area contributed by atoms with Crippen molar-refractivity contribution in [1.82, 2.24) is 0 Å².